The zero-order valence-corrected chi connectivity index (χ0v) is 14.5. The van der Waals surface area contributed by atoms with Crippen LogP contribution in [-0.2, 0) is 4.79 Å². The lowest BCUT2D eigenvalue weighted by Crippen LogP contribution is -2.35. The third kappa shape index (κ3) is 5.22. The summed E-state index contributed by atoms with van der Waals surface area (Å²) in [6, 6.07) is 5.43. The second-order valence-electron chi connectivity index (χ2n) is 6.07. The molecule has 0 radical (unpaired) electrons. The standard InChI is InChI=1S/C17H25N3O2.ClH/c1-11-7-8-13(17(22)19-2)9-15(11)20-16(21)10-12-5-3-4-6-14(12)18;/h7-9,12,14H,3-6,10,18H2,1-2H3,(H,19,22)(H,20,21);1H. The first-order valence-electron chi connectivity index (χ1n) is 7.89. The normalized spacial score (nSPS) is 20.3. The SMILES string of the molecule is CNC(=O)c1ccc(C)c(NC(=O)CC2CCCCC2N)c1.Cl. The maximum Gasteiger partial charge on any atom is 0.251 e. The molecule has 0 spiro atoms. The average Bonchev–Trinajstić information content (AvgIpc) is 2.51. The number of amides is 2. The van der Waals surface area contributed by atoms with E-state index in [0.717, 1.165) is 31.2 Å². The summed E-state index contributed by atoms with van der Waals surface area (Å²) in [5, 5.41) is 5.51. The van der Waals surface area contributed by atoms with Crippen molar-refractivity contribution < 1.29 is 9.59 Å². The fourth-order valence-electron chi connectivity index (χ4n) is 2.97. The van der Waals surface area contributed by atoms with Crippen LogP contribution in [0.4, 0.5) is 5.69 Å². The first-order chi connectivity index (χ1) is 10.5. The van der Waals surface area contributed by atoms with E-state index in [-0.39, 0.29) is 36.2 Å². The van der Waals surface area contributed by atoms with Gasteiger partial charge in [-0.15, -0.1) is 12.4 Å². The van der Waals surface area contributed by atoms with Crippen molar-refractivity contribution in [2.45, 2.75) is 45.1 Å². The van der Waals surface area contributed by atoms with Crippen LogP contribution in [-0.4, -0.2) is 24.9 Å². The van der Waals surface area contributed by atoms with E-state index in [9.17, 15) is 9.59 Å². The van der Waals surface area contributed by atoms with Gasteiger partial charge in [0.1, 0.15) is 0 Å². The highest BCUT2D eigenvalue weighted by molar-refractivity contribution is 5.97. The van der Waals surface area contributed by atoms with Gasteiger partial charge in [0.25, 0.3) is 5.91 Å². The van der Waals surface area contributed by atoms with Gasteiger partial charge in [0.15, 0.2) is 0 Å². The zero-order chi connectivity index (χ0) is 16.1. The Morgan fingerprint density at radius 2 is 1.96 bits per heavy atom. The van der Waals surface area contributed by atoms with Crippen molar-refractivity contribution in [2.24, 2.45) is 11.7 Å². The van der Waals surface area contributed by atoms with Crippen LogP contribution in [0, 0.1) is 12.8 Å². The number of rotatable bonds is 4. The molecule has 2 atom stereocenters. The van der Waals surface area contributed by atoms with E-state index in [4.69, 9.17) is 5.73 Å². The van der Waals surface area contributed by atoms with Crippen molar-refractivity contribution in [2.75, 3.05) is 12.4 Å². The Balaban J connectivity index is 0.00000264. The molecule has 0 bridgehead atoms. The van der Waals surface area contributed by atoms with Gasteiger partial charge >= 0.3 is 0 Å². The van der Waals surface area contributed by atoms with Gasteiger partial charge < -0.3 is 16.4 Å². The summed E-state index contributed by atoms with van der Waals surface area (Å²) in [6.45, 7) is 1.91. The lowest BCUT2D eigenvalue weighted by Gasteiger charge is -2.28. The Morgan fingerprint density at radius 1 is 1.26 bits per heavy atom. The monoisotopic (exact) mass is 339 g/mol. The minimum absolute atomic E-state index is 0. The van der Waals surface area contributed by atoms with Crippen molar-refractivity contribution in [1.82, 2.24) is 5.32 Å². The first kappa shape index (κ1) is 19.5. The Morgan fingerprint density at radius 3 is 2.61 bits per heavy atom. The lowest BCUT2D eigenvalue weighted by atomic mass is 9.83. The number of aryl methyl sites for hydroxylation is 1. The van der Waals surface area contributed by atoms with Gasteiger partial charge in [-0.1, -0.05) is 18.9 Å². The summed E-state index contributed by atoms with van der Waals surface area (Å²) >= 11 is 0. The van der Waals surface area contributed by atoms with Crippen molar-refractivity contribution in [1.29, 1.82) is 0 Å². The van der Waals surface area contributed by atoms with E-state index in [1.807, 2.05) is 13.0 Å². The van der Waals surface area contributed by atoms with Gasteiger partial charge in [0.2, 0.25) is 5.91 Å². The fraction of sp³-hybridized carbons (Fsp3) is 0.529. The average molecular weight is 340 g/mol. The molecule has 4 N–H and O–H groups in total. The number of halogens is 1. The Kier molecular flexibility index (Phi) is 7.52. The minimum atomic E-state index is -0.162. The second-order valence-corrected chi connectivity index (χ2v) is 6.07. The summed E-state index contributed by atoms with van der Waals surface area (Å²) in [7, 11) is 1.59. The van der Waals surface area contributed by atoms with Gasteiger partial charge in [0, 0.05) is 30.8 Å². The fourth-order valence-corrected chi connectivity index (χ4v) is 2.97. The first-order valence-corrected chi connectivity index (χ1v) is 7.89. The van der Waals surface area contributed by atoms with Crippen LogP contribution < -0.4 is 16.4 Å². The quantitative estimate of drug-likeness (QED) is 0.788. The molecule has 2 amide bonds. The second kappa shape index (κ2) is 8.89. The number of nitrogens with two attached hydrogens (primary N) is 1. The predicted molar refractivity (Wildman–Crippen MR) is 95.0 cm³/mol. The number of hydrogen-bond acceptors (Lipinski definition) is 3. The summed E-state index contributed by atoms with van der Waals surface area (Å²) in [5.74, 6) is 0.0699. The van der Waals surface area contributed by atoms with E-state index < -0.39 is 0 Å². The van der Waals surface area contributed by atoms with Crippen LogP contribution in [0.1, 0.15) is 48.0 Å². The molecule has 2 unspecified atom stereocenters. The van der Waals surface area contributed by atoms with E-state index in [0.29, 0.717) is 17.7 Å². The van der Waals surface area contributed by atoms with E-state index >= 15 is 0 Å². The highest BCUT2D eigenvalue weighted by Gasteiger charge is 2.24. The number of carbonyl (C=O) groups excluding carboxylic acids is 2. The number of benzene rings is 1. The molecule has 23 heavy (non-hydrogen) atoms. The minimum Gasteiger partial charge on any atom is -0.355 e. The van der Waals surface area contributed by atoms with E-state index in [1.165, 1.54) is 0 Å². The molecule has 0 heterocycles. The molecule has 1 aliphatic carbocycles. The Hall–Kier alpha value is -1.59. The number of nitrogens with one attached hydrogen (secondary N) is 2. The molecular weight excluding hydrogens is 314 g/mol. The van der Waals surface area contributed by atoms with Crippen molar-refractivity contribution in [3.63, 3.8) is 0 Å². The highest BCUT2D eigenvalue weighted by Crippen LogP contribution is 2.26. The van der Waals surface area contributed by atoms with Crippen LogP contribution in [0.5, 0.6) is 0 Å². The molecule has 1 aromatic carbocycles. The van der Waals surface area contributed by atoms with Gasteiger partial charge in [-0.3, -0.25) is 9.59 Å². The summed E-state index contributed by atoms with van der Waals surface area (Å²) in [6.07, 6.45) is 4.78. The summed E-state index contributed by atoms with van der Waals surface area (Å²) in [5.41, 5.74) is 8.27. The molecule has 6 heteroatoms. The van der Waals surface area contributed by atoms with Gasteiger partial charge in [-0.2, -0.15) is 0 Å². The molecule has 1 fully saturated rings. The van der Waals surface area contributed by atoms with Crippen LogP contribution in [0.3, 0.4) is 0 Å². The van der Waals surface area contributed by atoms with Gasteiger partial charge in [-0.05, 0) is 43.4 Å². The van der Waals surface area contributed by atoms with Crippen LogP contribution in [0.15, 0.2) is 18.2 Å². The maximum absolute atomic E-state index is 12.3. The molecule has 0 aliphatic heterocycles. The zero-order valence-electron chi connectivity index (χ0n) is 13.7. The number of carbonyl (C=O) groups is 2. The molecule has 5 nitrogen and oxygen atoms in total. The maximum atomic E-state index is 12.3. The summed E-state index contributed by atoms with van der Waals surface area (Å²) < 4.78 is 0. The predicted octanol–water partition coefficient (Wildman–Crippen LogP) is 2.62. The molecule has 0 aromatic heterocycles. The molecule has 1 saturated carbocycles. The molecule has 1 aromatic rings. The Bertz CT molecular complexity index is 563. The third-order valence-electron chi connectivity index (χ3n) is 4.42. The lowest BCUT2D eigenvalue weighted by molar-refractivity contribution is -0.117. The summed E-state index contributed by atoms with van der Waals surface area (Å²) in [4.78, 5) is 23.9. The largest absolute Gasteiger partial charge is 0.355 e. The molecule has 128 valence electrons. The molecule has 0 saturated heterocycles. The van der Waals surface area contributed by atoms with E-state index in [2.05, 4.69) is 10.6 Å². The van der Waals surface area contributed by atoms with Crippen molar-refractivity contribution in [3.05, 3.63) is 29.3 Å². The molecular formula is C17H26ClN3O2. The van der Waals surface area contributed by atoms with Crippen LogP contribution in [0.25, 0.3) is 0 Å². The smallest absolute Gasteiger partial charge is 0.251 e. The number of anilines is 1. The van der Waals surface area contributed by atoms with Gasteiger partial charge in [-0.25, -0.2) is 0 Å². The topological polar surface area (TPSA) is 84.2 Å². The van der Waals surface area contributed by atoms with Crippen molar-refractivity contribution >= 4 is 29.9 Å². The Labute approximate surface area is 143 Å². The highest BCUT2D eigenvalue weighted by atomic mass is 35.5. The molecule has 1 aliphatic rings. The molecule has 2 rings (SSSR count). The van der Waals surface area contributed by atoms with Gasteiger partial charge in [0.05, 0.1) is 0 Å². The van der Waals surface area contributed by atoms with Crippen LogP contribution in [0.2, 0.25) is 0 Å². The van der Waals surface area contributed by atoms with Crippen molar-refractivity contribution in [3.8, 4) is 0 Å². The van der Waals surface area contributed by atoms with Crippen LogP contribution >= 0.6 is 12.4 Å². The number of hydrogen-bond donors (Lipinski definition) is 3. The van der Waals surface area contributed by atoms with E-state index in [1.54, 1.807) is 19.2 Å². The third-order valence-corrected chi connectivity index (χ3v) is 4.42.